The van der Waals surface area contributed by atoms with E-state index in [4.69, 9.17) is 22.1 Å². The normalized spacial score (nSPS) is 10.3. The van der Waals surface area contributed by atoms with Crippen LogP contribution in [-0.2, 0) is 0 Å². The number of nitrogen functional groups attached to an aromatic ring is 1. The fourth-order valence-corrected chi connectivity index (χ4v) is 2.03. The number of ether oxygens (including phenoxy) is 1. The molecule has 2 rings (SSSR count). The van der Waals surface area contributed by atoms with Crippen molar-refractivity contribution in [2.24, 2.45) is 0 Å². The first kappa shape index (κ1) is 12.1. The van der Waals surface area contributed by atoms with Crippen molar-refractivity contribution in [2.75, 3.05) is 5.73 Å². The van der Waals surface area contributed by atoms with Crippen LogP contribution in [0.15, 0.2) is 29.0 Å². The van der Waals surface area contributed by atoms with E-state index < -0.39 is 0 Å². The molecule has 6 heteroatoms. The highest BCUT2D eigenvalue weighted by Crippen LogP contribution is 2.32. The molecule has 2 N–H and O–H groups in total. The summed E-state index contributed by atoms with van der Waals surface area (Å²) in [4.78, 5) is 7.89. The van der Waals surface area contributed by atoms with E-state index in [1.54, 1.807) is 6.07 Å². The van der Waals surface area contributed by atoms with E-state index in [0.29, 0.717) is 16.5 Å². The second-order valence-electron chi connectivity index (χ2n) is 3.43. The minimum atomic E-state index is 0.214. The van der Waals surface area contributed by atoms with Gasteiger partial charge in [-0.1, -0.05) is 27.5 Å². The lowest BCUT2D eigenvalue weighted by Gasteiger charge is -2.10. The van der Waals surface area contributed by atoms with E-state index in [0.717, 1.165) is 10.0 Å². The smallest absolute Gasteiger partial charge is 0.322 e. The van der Waals surface area contributed by atoms with Gasteiger partial charge in [0, 0.05) is 4.47 Å². The molecule has 0 aliphatic rings. The van der Waals surface area contributed by atoms with Gasteiger partial charge in [-0.15, -0.1) is 0 Å². The number of anilines is 1. The Bertz CT molecular complexity index is 522. The van der Waals surface area contributed by atoms with E-state index in [9.17, 15) is 0 Å². The summed E-state index contributed by atoms with van der Waals surface area (Å²) in [6.07, 6.45) is 2.93. The minimum absolute atomic E-state index is 0.214. The SMILES string of the molecule is Cc1cc(Br)cc(N)c1Oc1ncc(Cl)cn1. The van der Waals surface area contributed by atoms with Gasteiger partial charge in [0.15, 0.2) is 5.75 Å². The summed E-state index contributed by atoms with van der Waals surface area (Å²) in [6.45, 7) is 1.90. The molecule has 0 saturated heterocycles. The molecule has 4 nitrogen and oxygen atoms in total. The molecule has 0 fully saturated rings. The Labute approximate surface area is 112 Å². The van der Waals surface area contributed by atoms with Crippen LogP contribution in [0.4, 0.5) is 5.69 Å². The van der Waals surface area contributed by atoms with Crippen LogP contribution in [0.25, 0.3) is 0 Å². The summed E-state index contributed by atoms with van der Waals surface area (Å²) in [7, 11) is 0. The maximum absolute atomic E-state index is 5.86. The fraction of sp³-hybridized carbons (Fsp3) is 0.0909. The molecule has 0 radical (unpaired) electrons. The van der Waals surface area contributed by atoms with Gasteiger partial charge in [0.1, 0.15) is 0 Å². The number of aromatic nitrogens is 2. The van der Waals surface area contributed by atoms with Gasteiger partial charge in [-0.3, -0.25) is 0 Å². The van der Waals surface area contributed by atoms with Gasteiger partial charge in [0.25, 0.3) is 0 Å². The van der Waals surface area contributed by atoms with Crippen molar-refractivity contribution in [3.63, 3.8) is 0 Å². The summed E-state index contributed by atoms with van der Waals surface area (Å²) in [5, 5.41) is 0.456. The first-order valence-corrected chi connectivity index (χ1v) is 5.94. The number of benzene rings is 1. The van der Waals surface area contributed by atoms with Crippen LogP contribution in [0.2, 0.25) is 5.02 Å². The van der Waals surface area contributed by atoms with Crippen LogP contribution >= 0.6 is 27.5 Å². The van der Waals surface area contributed by atoms with Gasteiger partial charge in [-0.05, 0) is 24.6 Å². The molecule has 88 valence electrons. The number of aryl methyl sites for hydroxylation is 1. The highest BCUT2D eigenvalue weighted by molar-refractivity contribution is 9.10. The van der Waals surface area contributed by atoms with Gasteiger partial charge in [-0.2, -0.15) is 0 Å². The topological polar surface area (TPSA) is 61.0 Å². The van der Waals surface area contributed by atoms with Crippen LogP contribution in [0.1, 0.15) is 5.56 Å². The summed E-state index contributed by atoms with van der Waals surface area (Å²) in [5.74, 6) is 0.551. The number of rotatable bonds is 2. The Hall–Kier alpha value is -1.33. The summed E-state index contributed by atoms with van der Waals surface area (Å²) < 4.78 is 6.42. The molecule has 1 aromatic carbocycles. The molecule has 0 amide bonds. The quantitative estimate of drug-likeness (QED) is 0.861. The second-order valence-corrected chi connectivity index (χ2v) is 4.78. The summed E-state index contributed by atoms with van der Waals surface area (Å²) in [6, 6.07) is 3.88. The maximum atomic E-state index is 5.86. The van der Waals surface area contributed by atoms with E-state index in [-0.39, 0.29) is 6.01 Å². The van der Waals surface area contributed by atoms with E-state index in [1.165, 1.54) is 12.4 Å². The van der Waals surface area contributed by atoms with Gasteiger partial charge >= 0.3 is 6.01 Å². The zero-order valence-corrected chi connectivity index (χ0v) is 11.3. The van der Waals surface area contributed by atoms with E-state index >= 15 is 0 Å². The molecule has 0 aliphatic carbocycles. The van der Waals surface area contributed by atoms with Crippen molar-refractivity contribution in [1.29, 1.82) is 0 Å². The van der Waals surface area contributed by atoms with Crippen molar-refractivity contribution >= 4 is 33.2 Å². The lowest BCUT2D eigenvalue weighted by Crippen LogP contribution is -1.97. The minimum Gasteiger partial charge on any atom is -0.422 e. The van der Waals surface area contributed by atoms with Crippen molar-refractivity contribution in [1.82, 2.24) is 9.97 Å². The molecule has 17 heavy (non-hydrogen) atoms. The average Bonchev–Trinajstić information content (AvgIpc) is 2.26. The highest BCUT2D eigenvalue weighted by atomic mass is 79.9. The summed E-state index contributed by atoms with van der Waals surface area (Å²) in [5.41, 5.74) is 7.29. The lowest BCUT2D eigenvalue weighted by atomic mass is 10.2. The predicted molar refractivity (Wildman–Crippen MR) is 70.4 cm³/mol. The first-order valence-electron chi connectivity index (χ1n) is 4.77. The summed E-state index contributed by atoms with van der Waals surface area (Å²) >= 11 is 9.04. The third-order valence-corrected chi connectivity index (χ3v) is 2.71. The Morgan fingerprint density at radius 3 is 2.53 bits per heavy atom. The monoisotopic (exact) mass is 313 g/mol. The second kappa shape index (κ2) is 4.89. The van der Waals surface area contributed by atoms with Crippen molar-refractivity contribution in [3.8, 4) is 11.8 Å². The molecule has 1 heterocycles. The van der Waals surface area contributed by atoms with Gasteiger partial charge in [0.05, 0.1) is 23.1 Å². The lowest BCUT2D eigenvalue weighted by molar-refractivity contribution is 0.440. The third kappa shape index (κ3) is 2.87. The Kier molecular flexibility index (Phi) is 3.49. The zero-order valence-electron chi connectivity index (χ0n) is 8.95. The molecular weight excluding hydrogens is 305 g/mol. The van der Waals surface area contributed by atoms with Crippen molar-refractivity contribution in [3.05, 3.63) is 39.6 Å². The largest absolute Gasteiger partial charge is 0.422 e. The molecule has 0 bridgehead atoms. The van der Waals surface area contributed by atoms with Crippen LogP contribution in [-0.4, -0.2) is 9.97 Å². The Morgan fingerprint density at radius 1 is 1.29 bits per heavy atom. The van der Waals surface area contributed by atoms with Gasteiger partial charge < -0.3 is 10.5 Å². The van der Waals surface area contributed by atoms with E-state index in [2.05, 4.69) is 25.9 Å². The first-order chi connectivity index (χ1) is 8.06. The number of hydrogen-bond donors (Lipinski definition) is 1. The van der Waals surface area contributed by atoms with Gasteiger partial charge in [-0.25, -0.2) is 9.97 Å². The van der Waals surface area contributed by atoms with Crippen molar-refractivity contribution < 1.29 is 4.74 Å². The molecule has 0 spiro atoms. The molecular formula is C11H9BrClN3O. The number of halogens is 2. The van der Waals surface area contributed by atoms with Crippen LogP contribution in [0.5, 0.6) is 11.8 Å². The van der Waals surface area contributed by atoms with Crippen LogP contribution in [0, 0.1) is 6.92 Å². The third-order valence-electron chi connectivity index (χ3n) is 2.06. The average molecular weight is 315 g/mol. The predicted octanol–water partition coefficient (Wildman–Crippen LogP) is 3.58. The van der Waals surface area contributed by atoms with Crippen LogP contribution < -0.4 is 10.5 Å². The fourth-order valence-electron chi connectivity index (χ4n) is 1.34. The standard InChI is InChI=1S/C11H9BrClN3O/c1-6-2-7(12)3-9(14)10(6)17-11-15-4-8(13)5-16-11/h2-5H,14H2,1H3. The maximum Gasteiger partial charge on any atom is 0.322 e. The van der Waals surface area contributed by atoms with Gasteiger partial charge in [0.2, 0.25) is 0 Å². The molecule has 0 aliphatic heterocycles. The molecule has 2 aromatic rings. The Morgan fingerprint density at radius 2 is 1.94 bits per heavy atom. The molecule has 1 aromatic heterocycles. The molecule has 0 saturated carbocycles. The number of nitrogens with zero attached hydrogens (tertiary/aromatic N) is 2. The number of hydrogen-bond acceptors (Lipinski definition) is 4. The van der Waals surface area contributed by atoms with Crippen molar-refractivity contribution in [2.45, 2.75) is 6.92 Å². The van der Waals surface area contributed by atoms with Crippen LogP contribution in [0.3, 0.4) is 0 Å². The molecule has 0 unspecified atom stereocenters. The number of nitrogens with two attached hydrogens (primary N) is 1. The Balaban J connectivity index is 2.33. The zero-order chi connectivity index (χ0) is 12.4. The van der Waals surface area contributed by atoms with E-state index in [1.807, 2.05) is 13.0 Å². The molecule has 0 atom stereocenters. The highest BCUT2D eigenvalue weighted by Gasteiger charge is 2.09.